The van der Waals surface area contributed by atoms with Gasteiger partial charge in [0.15, 0.2) is 4.80 Å². The average molecular weight is 632 g/mol. The molecule has 2 heterocycles. The highest BCUT2D eigenvalue weighted by Crippen LogP contribution is 2.35. The van der Waals surface area contributed by atoms with Crippen molar-refractivity contribution in [2.75, 3.05) is 13.2 Å². The van der Waals surface area contributed by atoms with Crippen LogP contribution in [0.4, 0.5) is 0 Å². The maximum Gasteiger partial charge on any atom is 0.338 e. The van der Waals surface area contributed by atoms with Gasteiger partial charge in [0.2, 0.25) is 0 Å². The van der Waals surface area contributed by atoms with Gasteiger partial charge in [0.25, 0.3) is 5.56 Å². The number of hydrogen-bond donors (Lipinski definition) is 0. The standard InChI is InChI=1S/C33H31BrN2O4S/c1-5-39-26-17-12-21(18-25(26)34)19-27-31(37)36-30(24-15-13-22(14-16-24)20(3)4)28(32(38)40-6-2)29(35-33(36)41-27)23-10-8-7-9-11-23/h7-20,30H,5-6H2,1-4H3/b27-19-/t30-/m0/s1. The van der Waals surface area contributed by atoms with Gasteiger partial charge in [-0.2, -0.15) is 0 Å². The van der Waals surface area contributed by atoms with E-state index < -0.39 is 12.0 Å². The van der Waals surface area contributed by atoms with Gasteiger partial charge in [0.1, 0.15) is 5.75 Å². The molecule has 41 heavy (non-hydrogen) atoms. The third-order valence-corrected chi connectivity index (χ3v) is 8.45. The molecule has 0 saturated heterocycles. The number of thiazole rings is 1. The van der Waals surface area contributed by atoms with E-state index in [2.05, 4.69) is 41.9 Å². The fraction of sp³-hybridized carbons (Fsp3) is 0.242. The maximum atomic E-state index is 14.1. The molecule has 0 aliphatic carbocycles. The van der Waals surface area contributed by atoms with E-state index >= 15 is 0 Å². The van der Waals surface area contributed by atoms with Crippen molar-refractivity contribution >= 4 is 45.0 Å². The van der Waals surface area contributed by atoms with Crippen LogP contribution in [0.25, 0.3) is 11.8 Å². The number of carbonyl (C=O) groups excluding carboxylic acids is 1. The monoisotopic (exact) mass is 630 g/mol. The summed E-state index contributed by atoms with van der Waals surface area (Å²) in [6.07, 6.45) is 1.85. The predicted molar refractivity (Wildman–Crippen MR) is 167 cm³/mol. The zero-order chi connectivity index (χ0) is 29.1. The van der Waals surface area contributed by atoms with E-state index in [1.54, 1.807) is 11.5 Å². The molecule has 0 spiro atoms. The predicted octanol–water partition coefficient (Wildman–Crippen LogP) is 6.22. The second-order valence-electron chi connectivity index (χ2n) is 9.88. The molecule has 1 aliphatic heterocycles. The largest absolute Gasteiger partial charge is 0.493 e. The van der Waals surface area contributed by atoms with E-state index in [1.807, 2.05) is 73.7 Å². The van der Waals surface area contributed by atoms with Crippen molar-refractivity contribution in [2.45, 2.75) is 39.7 Å². The van der Waals surface area contributed by atoms with Gasteiger partial charge in [0, 0.05) is 5.56 Å². The molecule has 1 aliphatic rings. The Bertz CT molecular complexity index is 1790. The van der Waals surface area contributed by atoms with E-state index in [9.17, 15) is 9.59 Å². The average Bonchev–Trinajstić information content (AvgIpc) is 3.28. The number of benzene rings is 3. The summed E-state index contributed by atoms with van der Waals surface area (Å²) in [5.41, 5.74) is 4.26. The molecular formula is C33H31BrN2O4S. The Kier molecular flexibility index (Phi) is 8.71. The lowest BCUT2D eigenvalue weighted by Gasteiger charge is -2.26. The Morgan fingerprint density at radius 1 is 1.05 bits per heavy atom. The molecule has 0 unspecified atom stereocenters. The highest BCUT2D eigenvalue weighted by molar-refractivity contribution is 9.10. The zero-order valence-corrected chi connectivity index (χ0v) is 25.8. The summed E-state index contributed by atoms with van der Waals surface area (Å²) in [6.45, 7) is 8.74. The third kappa shape index (κ3) is 5.85. The lowest BCUT2D eigenvalue weighted by Crippen LogP contribution is -2.40. The highest BCUT2D eigenvalue weighted by Gasteiger charge is 2.35. The molecule has 0 bridgehead atoms. The summed E-state index contributed by atoms with van der Waals surface area (Å²) in [4.78, 5) is 33.1. The fourth-order valence-corrected chi connectivity index (χ4v) is 6.36. The molecule has 1 atom stereocenters. The lowest BCUT2D eigenvalue weighted by molar-refractivity contribution is -0.138. The maximum absolute atomic E-state index is 14.1. The Labute approximate surface area is 251 Å². The minimum absolute atomic E-state index is 0.209. The summed E-state index contributed by atoms with van der Waals surface area (Å²) < 4.78 is 14.1. The first-order valence-electron chi connectivity index (χ1n) is 13.6. The van der Waals surface area contributed by atoms with Crippen LogP contribution in [0.15, 0.2) is 92.6 Å². The van der Waals surface area contributed by atoms with Gasteiger partial charge in [-0.25, -0.2) is 9.79 Å². The molecule has 6 nitrogen and oxygen atoms in total. The van der Waals surface area contributed by atoms with Crippen molar-refractivity contribution in [2.24, 2.45) is 4.99 Å². The van der Waals surface area contributed by atoms with Crippen molar-refractivity contribution in [3.8, 4) is 5.75 Å². The quantitative estimate of drug-likeness (QED) is 0.217. The first kappa shape index (κ1) is 28.8. The SMILES string of the molecule is CCOC(=O)C1=C(c2ccccc2)N=c2s/c(=C\c3ccc(OCC)c(Br)c3)c(=O)n2[C@H]1c1ccc(C(C)C)cc1. The highest BCUT2D eigenvalue weighted by atomic mass is 79.9. The molecule has 0 N–H and O–H groups in total. The Morgan fingerprint density at radius 3 is 2.41 bits per heavy atom. The lowest BCUT2D eigenvalue weighted by atomic mass is 9.91. The summed E-state index contributed by atoms with van der Waals surface area (Å²) in [6, 6.07) is 22.7. The molecule has 0 amide bonds. The van der Waals surface area contributed by atoms with Gasteiger partial charge in [-0.3, -0.25) is 9.36 Å². The number of carbonyl (C=O) groups is 1. The first-order valence-corrected chi connectivity index (χ1v) is 15.2. The molecule has 0 saturated carbocycles. The summed E-state index contributed by atoms with van der Waals surface area (Å²) in [5, 5.41) is 0. The number of nitrogens with zero attached hydrogens (tertiary/aromatic N) is 2. The molecular weight excluding hydrogens is 600 g/mol. The van der Waals surface area contributed by atoms with Crippen LogP contribution in [0.2, 0.25) is 0 Å². The summed E-state index contributed by atoms with van der Waals surface area (Å²) in [7, 11) is 0. The first-order chi connectivity index (χ1) is 19.8. The van der Waals surface area contributed by atoms with Crippen molar-refractivity contribution in [1.82, 2.24) is 4.57 Å². The minimum atomic E-state index is -0.698. The molecule has 1 aromatic heterocycles. The van der Waals surface area contributed by atoms with Crippen LogP contribution in [0.3, 0.4) is 0 Å². The topological polar surface area (TPSA) is 69.9 Å². The number of halogens is 1. The second kappa shape index (κ2) is 12.4. The van der Waals surface area contributed by atoms with Crippen molar-refractivity contribution < 1.29 is 14.3 Å². The molecule has 0 fully saturated rings. The van der Waals surface area contributed by atoms with Crippen molar-refractivity contribution in [1.29, 1.82) is 0 Å². The molecule has 4 aromatic rings. The smallest absolute Gasteiger partial charge is 0.338 e. The molecule has 3 aromatic carbocycles. The van der Waals surface area contributed by atoms with Gasteiger partial charge < -0.3 is 9.47 Å². The van der Waals surface area contributed by atoms with Crippen molar-refractivity contribution in [3.63, 3.8) is 0 Å². The third-order valence-electron chi connectivity index (χ3n) is 6.85. The number of fused-ring (bicyclic) bond motifs is 1. The summed E-state index contributed by atoms with van der Waals surface area (Å²) >= 11 is 4.87. The minimum Gasteiger partial charge on any atom is -0.493 e. The van der Waals surface area contributed by atoms with Crippen LogP contribution in [0.5, 0.6) is 5.75 Å². The Balaban J connectivity index is 1.77. The van der Waals surface area contributed by atoms with E-state index in [4.69, 9.17) is 14.5 Å². The van der Waals surface area contributed by atoms with Gasteiger partial charge in [0.05, 0.1) is 39.5 Å². The number of aromatic nitrogens is 1. The van der Waals surface area contributed by atoms with Crippen LogP contribution < -0.4 is 19.6 Å². The number of esters is 1. The Hall–Kier alpha value is -3.75. The number of rotatable bonds is 8. The van der Waals surface area contributed by atoms with Crippen LogP contribution >= 0.6 is 27.3 Å². The zero-order valence-electron chi connectivity index (χ0n) is 23.4. The molecule has 210 valence electrons. The van der Waals surface area contributed by atoms with Crippen molar-refractivity contribution in [3.05, 3.63) is 125 Å². The van der Waals surface area contributed by atoms with E-state index in [-0.39, 0.29) is 12.2 Å². The molecule has 8 heteroatoms. The van der Waals surface area contributed by atoms with Crippen LogP contribution in [-0.2, 0) is 9.53 Å². The summed E-state index contributed by atoms with van der Waals surface area (Å²) in [5.74, 6) is 0.597. The van der Waals surface area contributed by atoms with Gasteiger partial charge in [-0.15, -0.1) is 0 Å². The van der Waals surface area contributed by atoms with Gasteiger partial charge >= 0.3 is 5.97 Å². The second-order valence-corrected chi connectivity index (χ2v) is 11.7. The van der Waals surface area contributed by atoms with Gasteiger partial charge in [-0.05, 0) is 70.6 Å². The van der Waals surface area contributed by atoms with Gasteiger partial charge in [-0.1, -0.05) is 85.8 Å². The van der Waals surface area contributed by atoms with E-state index in [0.717, 1.165) is 26.9 Å². The van der Waals surface area contributed by atoms with Crippen LogP contribution in [-0.4, -0.2) is 23.8 Å². The number of hydrogen-bond acceptors (Lipinski definition) is 6. The van der Waals surface area contributed by atoms with E-state index in [0.29, 0.717) is 33.1 Å². The molecule has 0 radical (unpaired) electrons. The molecule has 5 rings (SSSR count). The van der Waals surface area contributed by atoms with Crippen LogP contribution in [0.1, 0.15) is 61.9 Å². The normalized spacial score (nSPS) is 15.1. The van der Waals surface area contributed by atoms with Crippen LogP contribution in [0, 0.1) is 0 Å². The number of ether oxygens (including phenoxy) is 2. The Morgan fingerprint density at radius 2 is 1.78 bits per heavy atom. The fourth-order valence-electron chi connectivity index (χ4n) is 4.85. The van der Waals surface area contributed by atoms with E-state index in [1.165, 1.54) is 16.9 Å².